The first kappa shape index (κ1) is 34.5. The van der Waals surface area contributed by atoms with Gasteiger partial charge in [0.25, 0.3) is 0 Å². The van der Waals surface area contributed by atoms with Gasteiger partial charge in [0.05, 0.1) is 11.4 Å². The number of rotatable bonds is 7. The molecule has 3 aliphatic carbocycles. The summed E-state index contributed by atoms with van der Waals surface area (Å²) in [6.07, 6.45) is 14.1. The molecule has 278 valence electrons. The summed E-state index contributed by atoms with van der Waals surface area (Å²) in [4.78, 5) is 2.57. The molecule has 0 aliphatic heterocycles. The fourth-order valence-electron chi connectivity index (χ4n) is 10.5. The zero-order valence-corrected chi connectivity index (χ0v) is 32.7. The minimum atomic E-state index is 0.0660. The van der Waals surface area contributed by atoms with Crippen LogP contribution in [0.25, 0.3) is 60.9 Å². The van der Waals surface area contributed by atoms with Crippen LogP contribution in [-0.4, -0.2) is 0 Å². The lowest BCUT2D eigenvalue weighted by molar-refractivity contribution is 0.550. The lowest BCUT2D eigenvalue weighted by Crippen LogP contribution is -2.20. The van der Waals surface area contributed by atoms with Crippen LogP contribution in [0.5, 0.6) is 0 Å². The van der Waals surface area contributed by atoms with Crippen LogP contribution >= 0.6 is 0 Å². The van der Waals surface area contributed by atoms with E-state index >= 15 is 0 Å². The first-order chi connectivity index (χ1) is 28.8. The third kappa shape index (κ3) is 5.60. The predicted molar refractivity (Wildman–Crippen MR) is 246 cm³/mol. The summed E-state index contributed by atoms with van der Waals surface area (Å²) < 4.78 is 0. The van der Waals surface area contributed by atoms with Crippen molar-refractivity contribution in [3.8, 4) is 44.5 Å². The predicted octanol–water partition coefficient (Wildman–Crippen LogP) is 15.9. The Balaban J connectivity index is 1.17. The molecule has 11 rings (SSSR count). The van der Waals surface area contributed by atoms with Crippen molar-refractivity contribution in [2.45, 2.75) is 43.9 Å². The molecular weight excluding hydrogens is 699 g/mol. The highest BCUT2D eigenvalue weighted by Crippen LogP contribution is 2.60. The topological polar surface area (TPSA) is 3.24 Å². The molecule has 1 heteroatoms. The molecule has 1 fully saturated rings. The third-order valence-electron chi connectivity index (χ3n) is 13.1. The molecule has 1 saturated carbocycles. The van der Waals surface area contributed by atoms with Crippen LogP contribution in [0.4, 0.5) is 17.1 Å². The minimum Gasteiger partial charge on any atom is -0.309 e. The molecule has 0 radical (unpaired) electrons. The van der Waals surface area contributed by atoms with Gasteiger partial charge in [-0.05, 0) is 116 Å². The summed E-state index contributed by atoms with van der Waals surface area (Å²) in [7, 11) is 0. The Hall–Kier alpha value is -6.70. The molecule has 0 atom stereocenters. The Labute approximate surface area is 342 Å². The van der Waals surface area contributed by atoms with E-state index in [1.54, 1.807) is 0 Å². The van der Waals surface area contributed by atoms with Gasteiger partial charge in [-0.2, -0.15) is 0 Å². The van der Waals surface area contributed by atoms with Crippen molar-refractivity contribution >= 4 is 33.4 Å². The maximum Gasteiger partial charge on any atom is 0.0543 e. The molecule has 0 heterocycles. The number of fused-ring (bicyclic) bond motifs is 6. The van der Waals surface area contributed by atoms with Crippen LogP contribution in [0.1, 0.15) is 55.2 Å². The highest BCUT2D eigenvalue weighted by Gasteiger charge is 2.46. The average molecular weight is 744 g/mol. The normalized spacial score (nSPS) is 15.0. The Morgan fingerprint density at radius 1 is 0.431 bits per heavy atom. The van der Waals surface area contributed by atoms with E-state index in [1.165, 1.54) is 109 Å². The van der Waals surface area contributed by atoms with Crippen LogP contribution in [0.15, 0.2) is 200 Å². The molecule has 8 aromatic carbocycles. The second-order valence-corrected chi connectivity index (χ2v) is 16.2. The highest BCUT2D eigenvalue weighted by molar-refractivity contribution is 6.02. The summed E-state index contributed by atoms with van der Waals surface area (Å²) in [6.45, 7) is 0. The van der Waals surface area contributed by atoms with E-state index < -0.39 is 0 Å². The highest BCUT2D eigenvalue weighted by atomic mass is 15.1. The van der Waals surface area contributed by atoms with Crippen LogP contribution in [0, 0.1) is 0 Å². The third-order valence-corrected chi connectivity index (χ3v) is 13.1. The maximum absolute atomic E-state index is 2.57. The number of allylic oxidation sites excluding steroid dienone is 4. The Morgan fingerprint density at radius 2 is 1.02 bits per heavy atom. The zero-order chi connectivity index (χ0) is 38.5. The maximum atomic E-state index is 2.57. The molecule has 0 N–H and O–H groups in total. The van der Waals surface area contributed by atoms with Gasteiger partial charge in [0, 0.05) is 22.2 Å². The van der Waals surface area contributed by atoms with Gasteiger partial charge in [-0.3, -0.25) is 0 Å². The molecule has 3 aliphatic rings. The van der Waals surface area contributed by atoms with Crippen molar-refractivity contribution < 1.29 is 0 Å². The van der Waals surface area contributed by atoms with Gasteiger partial charge in [-0.25, -0.2) is 0 Å². The summed E-state index contributed by atoms with van der Waals surface area (Å²) in [6, 6.07) is 68.1. The van der Waals surface area contributed by atoms with Gasteiger partial charge < -0.3 is 4.90 Å². The summed E-state index contributed by atoms with van der Waals surface area (Å²) in [5.41, 5.74) is 19.3. The second-order valence-electron chi connectivity index (χ2n) is 16.2. The zero-order valence-electron chi connectivity index (χ0n) is 32.7. The number of para-hydroxylation sites is 1. The number of anilines is 3. The second kappa shape index (κ2) is 14.4. The van der Waals surface area contributed by atoms with Crippen molar-refractivity contribution in [1.29, 1.82) is 0 Å². The summed E-state index contributed by atoms with van der Waals surface area (Å²) >= 11 is 0. The fourth-order valence-corrected chi connectivity index (χ4v) is 10.5. The van der Waals surface area contributed by atoms with Crippen molar-refractivity contribution in [2.75, 3.05) is 4.90 Å². The molecule has 1 spiro atoms. The van der Waals surface area contributed by atoms with E-state index in [4.69, 9.17) is 0 Å². The number of nitrogens with zero attached hydrogens (tertiary/aromatic N) is 1. The lowest BCUT2D eigenvalue weighted by Gasteiger charge is -2.32. The molecule has 0 saturated heterocycles. The number of hydrogen-bond acceptors (Lipinski definition) is 1. The van der Waals surface area contributed by atoms with Crippen LogP contribution in [0.3, 0.4) is 0 Å². The van der Waals surface area contributed by atoms with Crippen LogP contribution < -0.4 is 4.90 Å². The van der Waals surface area contributed by atoms with E-state index in [-0.39, 0.29) is 5.41 Å². The van der Waals surface area contributed by atoms with Gasteiger partial charge in [-0.15, -0.1) is 0 Å². The van der Waals surface area contributed by atoms with E-state index in [1.807, 2.05) is 0 Å². The number of hydrogen-bond donors (Lipinski definition) is 0. The largest absolute Gasteiger partial charge is 0.309 e. The molecule has 1 nitrogen and oxygen atoms in total. The van der Waals surface area contributed by atoms with E-state index in [0.717, 1.165) is 24.2 Å². The van der Waals surface area contributed by atoms with E-state index in [9.17, 15) is 0 Å². The molecule has 0 unspecified atom stereocenters. The van der Waals surface area contributed by atoms with Crippen molar-refractivity contribution in [3.05, 3.63) is 217 Å². The summed E-state index contributed by atoms with van der Waals surface area (Å²) in [5.74, 6) is 0. The standard InChI is InChI=1S/C57H45N/c1-2-19-40(20-3-1)45-26-6-7-27-47(45)48-28-8-9-29-49(48)50-30-11-13-35-54(50)58(43-24-16-23-42(39-43)46-32-17-22-41-21-4-5-25-44(41)46)55-36-18-34-53-56(55)51-31-10-12-33-52(51)57(53)37-14-15-38-57/h2,4-13,16-36,39H,1,3,14-15,37-38H2. The van der Waals surface area contributed by atoms with Crippen molar-refractivity contribution in [2.24, 2.45) is 0 Å². The van der Waals surface area contributed by atoms with Gasteiger partial charge in [0.15, 0.2) is 0 Å². The molecule has 0 bridgehead atoms. The van der Waals surface area contributed by atoms with Crippen molar-refractivity contribution in [1.82, 2.24) is 0 Å². The average Bonchev–Trinajstić information content (AvgIpc) is 3.91. The molecule has 0 amide bonds. The Bertz CT molecular complexity index is 2910. The first-order valence-electron chi connectivity index (χ1n) is 21.1. The van der Waals surface area contributed by atoms with Gasteiger partial charge in [0.1, 0.15) is 0 Å². The molecule has 0 aromatic heterocycles. The van der Waals surface area contributed by atoms with Gasteiger partial charge in [0.2, 0.25) is 0 Å². The molecular formula is C57H45N. The SMILES string of the molecule is C1=CC(c2ccccc2-c2ccccc2-c2ccccc2N(c2cccc(-c3cccc4ccccc34)c2)c2cccc3c2-c2ccccc2C32CCCC2)=CCC1. The van der Waals surface area contributed by atoms with Gasteiger partial charge >= 0.3 is 0 Å². The quantitative estimate of drug-likeness (QED) is 0.157. The van der Waals surface area contributed by atoms with Crippen LogP contribution in [-0.2, 0) is 5.41 Å². The minimum absolute atomic E-state index is 0.0660. The van der Waals surface area contributed by atoms with Gasteiger partial charge in [-0.1, -0.05) is 189 Å². The van der Waals surface area contributed by atoms with Crippen LogP contribution in [0.2, 0.25) is 0 Å². The Kier molecular flexibility index (Phi) is 8.55. The summed E-state index contributed by atoms with van der Waals surface area (Å²) in [5, 5.41) is 2.52. The fraction of sp³-hybridized carbons (Fsp3) is 0.123. The number of benzene rings is 8. The van der Waals surface area contributed by atoms with E-state index in [0.29, 0.717) is 0 Å². The van der Waals surface area contributed by atoms with Crippen molar-refractivity contribution in [3.63, 3.8) is 0 Å². The Morgan fingerprint density at radius 3 is 1.83 bits per heavy atom. The lowest BCUT2D eigenvalue weighted by atomic mass is 9.77. The molecule has 58 heavy (non-hydrogen) atoms. The molecule has 8 aromatic rings. The first-order valence-corrected chi connectivity index (χ1v) is 21.1. The monoisotopic (exact) mass is 743 g/mol. The smallest absolute Gasteiger partial charge is 0.0543 e. The van der Waals surface area contributed by atoms with E-state index in [2.05, 4.69) is 205 Å².